The lowest BCUT2D eigenvalue weighted by Gasteiger charge is -2.34. The van der Waals surface area contributed by atoms with E-state index < -0.39 is 4.92 Å². The highest BCUT2D eigenvalue weighted by molar-refractivity contribution is 5.97. The zero-order chi connectivity index (χ0) is 23.2. The Kier molecular flexibility index (Phi) is 10.9. The molecule has 4 rings (SSSR count). The van der Waals surface area contributed by atoms with Crippen molar-refractivity contribution in [1.82, 2.24) is 9.80 Å². The molecule has 11 heteroatoms. The summed E-state index contributed by atoms with van der Waals surface area (Å²) in [5, 5.41) is 11.6. The Morgan fingerprint density at radius 3 is 2.17 bits per heavy atom. The van der Waals surface area contributed by atoms with Gasteiger partial charge >= 0.3 is 0 Å². The number of morpholine rings is 1. The third-order valence-corrected chi connectivity index (χ3v) is 6.18. The van der Waals surface area contributed by atoms with Gasteiger partial charge in [-0.1, -0.05) is 18.2 Å². The van der Waals surface area contributed by atoms with Crippen LogP contribution < -0.4 is 4.90 Å². The lowest BCUT2D eigenvalue weighted by Crippen LogP contribution is -2.49. The summed E-state index contributed by atoms with van der Waals surface area (Å²) < 4.78 is 5.32. The van der Waals surface area contributed by atoms with Crippen molar-refractivity contribution in [2.45, 2.75) is 6.42 Å². The number of carbonyl (C=O) groups excluding carboxylic acids is 2. The second kappa shape index (κ2) is 13.4. The molecule has 35 heavy (non-hydrogen) atoms. The number of amides is 1. The second-order valence-electron chi connectivity index (χ2n) is 8.23. The largest absolute Gasteiger partial charge is 0.378 e. The Morgan fingerprint density at radius 2 is 1.54 bits per heavy atom. The van der Waals surface area contributed by atoms with Crippen molar-refractivity contribution < 1.29 is 19.2 Å². The van der Waals surface area contributed by atoms with Gasteiger partial charge in [0, 0.05) is 69.4 Å². The molecule has 0 atom stereocenters. The fourth-order valence-electron chi connectivity index (χ4n) is 4.26. The van der Waals surface area contributed by atoms with E-state index in [-0.39, 0.29) is 48.6 Å². The highest BCUT2D eigenvalue weighted by Gasteiger charge is 2.25. The number of hydrogen-bond acceptors (Lipinski definition) is 7. The maximum absolute atomic E-state index is 12.8. The minimum Gasteiger partial charge on any atom is -0.378 e. The lowest BCUT2D eigenvalue weighted by atomic mass is 10.1. The molecular weight excluding hydrogens is 495 g/mol. The predicted octanol–water partition coefficient (Wildman–Crippen LogP) is 3.31. The maximum Gasteiger partial charge on any atom is 0.293 e. The summed E-state index contributed by atoms with van der Waals surface area (Å²) in [4.78, 5) is 42.5. The average Bonchev–Trinajstić information content (AvgIpc) is 2.87. The number of rotatable bonds is 7. The Labute approximate surface area is 217 Å². The van der Waals surface area contributed by atoms with Gasteiger partial charge in [0.15, 0.2) is 5.78 Å². The lowest BCUT2D eigenvalue weighted by molar-refractivity contribution is -0.384. The zero-order valence-corrected chi connectivity index (χ0v) is 21.0. The number of ketones is 1. The summed E-state index contributed by atoms with van der Waals surface area (Å²) >= 11 is 0. The fraction of sp³-hybridized carbons (Fsp3) is 0.417. The standard InChI is InChI=1S/C24H28N4O5.2ClH/c29-23(20-6-7-21(22(18-20)28(31)32)26-14-16-33-17-15-26)8-9-25-10-12-27(13-11-25)24(30)19-4-2-1-3-5-19;;/h1-7,18H,8-17H2;2*1H. The number of ether oxygens (including phenoxy) is 1. The zero-order valence-electron chi connectivity index (χ0n) is 19.3. The summed E-state index contributed by atoms with van der Waals surface area (Å²) in [5.74, 6) is -0.0894. The van der Waals surface area contributed by atoms with Crippen molar-refractivity contribution in [3.8, 4) is 0 Å². The normalized spacial score (nSPS) is 16.1. The van der Waals surface area contributed by atoms with Gasteiger partial charge in [-0.05, 0) is 24.3 Å². The van der Waals surface area contributed by atoms with Crippen LogP contribution in [-0.2, 0) is 4.74 Å². The summed E-state index contributed by atoms with van der Waals surface area (Å²) in [6.07, 6.45) is 0.278. The molecule has 0 aliphatic carbocycles. The second-order valence-corrected chi connectivity index (χ2v) is 8.23. The average molecular weight is 525 g/mol. The van der Waals surface area contributed by atoms with Gasteiger partial charge in [0.2, 0.25) is 0 Å². The van der Waals surface area contributed by atoms with E-state index in [1.165, 1.54) is 6.07 Å². The SMILES string of the molecule is Cl.Cl.O=C(CCN1CCN(C(=O)c2ccccc2)CC1)c1ccc(N2CCOCC2)c([N+](=O)[O-])c1. The number of piperazine rings is 1. The molecule has 190 valence electrons. The first-order valence-corrected chi connectivity index (χ1v) is 11.2. The molecule has 0 bridgehead atoms. The Hall–Kier alpha value is -2.72. The van der Waals surface area contributed by atoms with Crippen LogP contribution in [0.15, 0.2) is 48.5 Å². The molecule has 0 unspecified atom stereocenters. The number of carbonyl (C=O) groups is 2. The molecule has 2 fully saturated rings. The van der Waals surface area contributed by atoms with Crippen molar-refractivity contribution in [2.24, 2.45) is 0 Å². The fourth-order valence-corrected chi connectivity index (χ4v) is 4.26. The van der Waals surface area contributed by atoms with Crippen LogP contribution in [0.2, 0.25) is 0 Å². The molecule has 2 aromatic rings. The van der Waals surface area contributed by atoms with E-state index in [1.54, 1.807) is 12.1 Å². The van der Waals surface area contributed by atoms with Crippen LogP contribution in [0.3, 0.4) is 0 Å². The van der Waals surface area contributed by atoms with Crippen molar-refractivity contribution in [1.29, 1.82) is 0 Å². The van der Waals surface area contributed by atoms with Crippen LogP contribution in [0.25, 0.3) is 0 Å². The summed E-state index contributed by atoms with van der Waals surface area (Å²) in [7, 11) is 0. The monoisotopic (exact) mass is 524 g/mol. The van der Waals surface area contributed by atoms with E-state index in [2.05, 4.69) is 4.90 Å². The number of hydrogen-bond donors (Lipinski definition) is 0. The topological polar surface area (TPSA) is 96.2 Å². The van der Waals surface area contributed by atoms with Gasteiger partial charge in [-0.15, -0.1) is 24.8 Å². The number of nitrogens with zero attached hydrogens (tertiary/aromatic N) is 4. The van der Waals surface area contributed by atoms with Crippen molar-refractivity contribution in [2.75, 3.05) is 63.9 Å². The molecule has 0 spiro atoms. The number of anilines is 1. The first-order chi connectivity index (χ1) is 16.0. The van der Waals surface area contributed by atoms with Crippen LogP contribution in [0, 0.1) is 10.1 Å². The van der Waals surface area contributed by atoms with Crippen molar-refractivity contribution in [3.05, 3.63) is 69.8 Å². The molecule has 2 aliphatic heterocycles. The predicted molar refractivity (Wildman–Crippen MR) is 138 cm³/mol. The first-order valence-electron chi connectivity index (χ1n) is 11.2. The van der Waals surface area contributed by atoms with E-state index in [9.17, 15) is 19.7 Å². The molecular formula is C24H30Cl2N4O5. The number of nitro benzene ring substituents is 1. The Bertz CT molecular complexity index is 1010. The van der Waals surface area contributed by atoms with Crippen molar-refractivity contribution >= 4 is 47.9 Å². The molecule has 0 aromatic heterocycles. The summed E-state index contributed by atoms with van der Waals surface area (Å²) in [5.41, 5.74) is 1.52. The van der Waals surface area contributed by atoms with Gasteiger partial charge < -0.3 is 14.5 Å². The smallest absolute Gasteiger partial charge is 0.293 e. The van der Waals surface area contributed by atoms with E-state index >= 15 is 0 Å². The number of Topliss-reactive ketones (excluding diaryl/α,β-unsaturated/α-hetero) is 1. The third kappa shape index (κ3) is 7.14. The minimum absolute atomic E-state index is 0. The van der Waals surface area contributed by atoms with Crippen molar-refractivity contribution in [3.63, 3.8) is 0 Å². The quantitative estimate of drug-likeness (QED) is 0.311. The molecule has 2 aromatic carbocycles. The van der Waals surface area contributed by atoms with Crippen LogP contribution in [0.5, 0.6) is 0 Å². The molecule has 0 N–H and O–H groups in total. The molecule has 0 radical (unpaired) electrons. The van der Waals surface area contributed by atoms with Crippen LogP contribution >= 0.6 is 24.8 Å². The van der Waals surface area contributed by atoms with Crippen LogP contribution in [0.4, 0.5) is 11.4 Å². The maximum atomic E-state index is 12.8. The Balaban J connectivity index is 0.00000216. The molecule has 2 heterocycles. The van der Waals surface area contributed by atoms with Gasteiger partial charge in [-0.25, -0.2) is 0 Å². The number of nitro groups is 1. The molecule has 9 nitrogen and oxygen atoms in total. The third-order valence-electron chi connectivity index (χ3n) is 6.18. The van der Waals surface area contributed by atoms with E-state index in [1.807, 2.05) is 40.1 Å². The minimum atomic E-state index is -0.426. The van der Waals surface area contributed by atoms with Gasteiger partial charge in [0.05, 0.1) is 18.1 Å². The molecule has 1 amide bonds. The first kappa shape index (κ1) is 28.5. The van der Waals surface area contributed by atoms with Gasteiger partial charge in [0.1, 0.15) is 5.69 Å². The van der Waals surface area contributed by atoms with Gasteiger partial charge in [0.25, 0.3) is 11.6 Å². The number of halogens is 2. The molecule has 2 aliphatic rings. The van der Waals surface area contributed by atoms with Gasteiger partial charge in [-0.2, -0.15) is 0 Å². The van der Waals surface area contributed by atoms with Crippen LogP contribution in [0.1, 0.15) is 27.1 Å². The highest BCUT2D eigenvalue weighted by Crippen LogP contribution is 2.30. The van der Waals surface area contributed by atoms with Gasteiger partial charge in [-0.3, -0.25) is 24.6 Å². The summed E-state index contributed by atoms with van der Waals surface area (Å²) in [6, 6.07) is 14.0. The Morgan fingerprint density at radius 1 is 0.886 bits per heavy atom. The van der Waals surface area contributed by atoms with E-state index in [0.717, 1.165) is 0 Å². The summed E-state index contributed by atoms with van der Waals surface area (Å²) in [6.45, 7) is 5.42. The van der Waals surface area contributed by atoms with E-state index in [0.29, 0.717) is 75.8 Å². The molecule has 0 saturated carbocycles. The van der Waals surface area contributed by atoms with Crippen LogP contribution in [-0.4, -0.2) is 85.4 Å². The molecule has 2 saturated heterocycles. The number of benzene rings is 2. The van der Waals surface area contributed by atoms with E-state index in [4.69, 9.17) is 4.74 Å². The highest BCUT2D eigenvalue weighted by atomic mass is 35.5.